The third-order valence-corrected chi connectivity index (χ3v) is 7.20. The van der Waals surface area contributed by atoms with Gasteiger partial charge in [-0.25, -0.2) is 14.4 Å². The van der Waals surface area contributed by atoms with Crippen molar-refractivity contribution in [2.75, 3.05) is 0 Å². The average Bonchev–Trinajstić information content (AvgIpc) is 3.32. The lowest BCUT2D eigenvalue weighted by molar-refractivity contribution is 0.601. The highest BCUT2D eigenvalue weighted by molar-refractivity contribution is 9.10. The fraction of sp³-hybridized carbons (Fsp3) is 0.296. The molecule has 0 fully saturated rings. The van der Waals surface area contributed by atoms with E-state index in [0.29, 0.717) is 16.4 Å². The first kappa shape index (κ1) is 25.1. The van der Waals surface area contributed by atoms with Crippen LogP contribution in [-0.4, -0.2) is 19.8 Å². The lowest BCUT2D eigenvalue weighted by atomic mass is 10.1. The zero-order valence-electron chi connectivity index (χ0n) is 20.7. The second-order valence-electron chi connectivity index (χ2n) is 9.02. The van der Waals surface area contributed by atoms with E-state index < -0.39 is 0 Å². The zero-order chi connectivity index (χ0) is 25.1. The highest BCUT2D eigenvalue weighted by Gasteiger charge is 2.17. The number of halogens is 1. The van der Waals surface area contributed by atoms with Crippen LogP contribution in [0.2, 0.25) is 0 Å². The molecule has 0 unspecified atom stereocenters. The van der Waals surface area contributed by atoms with Crippen LogP contribution in [0.25, 0.3) is 16.9 Å². The average molecular weight is 553 g/mol. The van der Waals surface area contributed by atoms with Gasteiger partial charge < -0.3 is 0 Å². The normalized spacial score (nSPS) is 12.7. The maximum atomic E-state index is 13.4. The van der Waals surface area contributed by atoms with Gasteiger partial charge in [-0.1, -0.05) is 60.1 Å². The Hall–Kier alpha value is -2.97. The first-order chi connectivity index (χ1) is 16.8. The molecule has 0 atom stereocenters. The van der Waals surface area contributed by atoms with Crippen LogP contribution in [0.4, 0.5) is 5.69 Å². The van der Waals surface area contributed by atoms with Gasteiger partial charge in [-0.05, 0) is 56.9 Å². The van der Waals surface area contributed by atoms with E-state index in [4.69, 9.17) is 10.1 Å². The molecule has 0 saturated carbocycles. The van der Waals surface area contributed by atoms with Crippen molar-refractivity contribution in [2.45, 2.75) is 40.5 Å². The predicted octanol–water partition coefficient (Wildman–Crippen LogP) is 6.67. The summed E-state index contributed by atoms with van der Waals surface area (Å²) in [5.74, 6) is 0.602. The molecule has 6 nitrogen and oxygen atoms in total. The van der Waals surface area contributed by atoms with Crippen molar-refractivity contribution in [3.8, 4) is 16.9 Å². The van der Waals surface area contributed by atoms with Crippen LogP contribution in [0.5, 0.6) is 0 Å². The lowest BCUT2D eigenvalue weighted by Crippen LogP contribution is -2.20. The third kappa shape index (κ3) is 5.49. The maximum Gasteiger partial charge on any atom is 0.297 e. The largest absolute Gasteiger partial charge is 0.297 e. The molecule has 2 aromatic heterocycles. The number of thiazole rings is 1. The van der Waals surface area contributed by atoms with Crippen molar-refractivity contribution in [2.24, 2.45) is 23.1 Å². The van der Waals surface area contributed by atoms with Crippen LogP contribution in [-0.2, 0) is 7.05 Å². The Labute approximate surface area is 218 Å². The zero-order valence-corrected chi connectivity index (χ0v) is 23.1. The standard InChI is InChI=1S/C27H30BrN5OS/c1-18(2)14-15-19(3)30-32-24(21-10-9-11-22(28)16-21)17-35-27(32)29-25-20(4)31(5)33(26(25)34)23-12-7-6-8-13-23/h6-13,16-18H,14-15H2,1-5H3. The van der Waals surface area contributed by atoms with Crippen LogP contribution < -0.4 is 10.4 Å². The number of para-hydroxylation sites is 1. The van der Waals surface area contributed by atoms with Gasteiger partial charge in [-0.2, -0.15) is 5.10 Å². The summed E-state index contributed by atoms with van der Waals surface area (Å²) < 4.78 is 6.37. The van der Waals surface area contributed by atoms with Crippen molar-refractivity contribution in [1.29, 1.82) is 0 Å². The number of nitrogens with zero attached hydrogens (tertiary/aromatic N) is 5. The number of hydrogen-bond acceptors (Lipinski definition) is 4. The first-order valence-electron chi connectivity index (χ1n) is 11.7. The minimum Gasteiger partial charge on any atom is -0.283 e. The second kappa shape index (κ2) is 10.7. The van der Waals surface area contributed by atoms with E-state index in [-0.39, 0.29) is 5.56 Å². The minimum atomic E-state index is -0.152. The van der Waals surface area contributed by atoms with E-state index in [1.165, 1.54) is 11.3 Å². The van der Waals surface area contributed by atoms with Gasteiger partial charge >= 0.3 is 0 Å². The molecule has 2 heterocycles. The van der Waals surface area contributed by atoms with E-state index in [9.17, 15) is 4.79 Å². The Kier molecular flexibility index (Phi) is 7.72. The topological polar surface area (TPSA) is 56.6 Å². The van der Waals surface area contributed by atoms with Gasteiger partial charge in [0.2, 0.25) is 4.80 Å². The molecular formula is C27H30BrN5OS. The molecule has 4 aromatic rings. The SMILES string of the molecule is CC(CCC(C)C)=Nn1c(-c2cccc(Br)c2)csc1=Nc1c(C)n(C)n(-c2ccccc2)c1=O. The summed E-state index contributed by atoms with van der Waals surface area (Å²) in [6.07, 6.45) is 1.97. The smallest absolute Gasteiger partial charge is 0.283 e. The fourth-order valence-corrected chi connectivity index (χ4v) is 5.05. The number of benzene rings is 2. The van der Waals surface area contributed by atoms with Gasteiger partial charge in [-0.15, -0.1) is 11.3 Å². The Morgan fingerprint density at radius 1 is 1.11 bits per heavy atom. The molecule has 0 bridgehead atoms. The minimum absolute atomic E-state index is 0.152. The molecule has 2 aromatic carbocycles. The summed E-state index contributed by atoms with van der Waals surface area (Å²) >= 11 is 5.06. The molecule has 0 aliphatic heterocycles. The molecule has 0 saturated heterocycles. The molecule has 8 heteroatoms. The molecule has 0 amide bonds. The van der Waals surface area contributed by atoms with Gasteiger partial charge in [0.25, 0.3) is 5.56 Å². The van der Waals surface area contributed by atoms with E-state index >= 15 is 0 Å². The Morgan fingerprint density at radius 2 is 1.86 bits per heavy atom. The van der Waals surface area contributed by atoms with E-state index in [1.807, 2.05) is 71.2 Å². The quantitative estimate of drug-likeness (QED) is 0.236. The molecule has 0 aliphatic carbocycles. The van der Waals surface area contributed by atoms with Crippen LogP contribution >= 0.6 is 27.3 Å². The van der Waals surface area contributed by atoms with Gasteiger partial charge in [-0.3, -0.25) is 9.48 Å². The molecule has 0 aliphatic rings. The highest BCUT2D eigenvalue weighted by Crippen LogP contribution is 2.25. The first-order valence-corrected chi connectivity index (χ1v) is 13.3. The Balaban J connectivity index is 1.90. The molecule has 4 rings (SSSR count). The van der Waals surface area contributed by atoms with Gasteiger partial charge in [0, 0.05) is 28.2 Å². The molecule has 0 radical (unpaired) electrons. The molecule has 0 spiro atoms. The maximum absolute atomic E-state index is 13.4. The lowest BCUT2D eigenvalue weighted by Gasteiger charge is -2.08. The highest BCUT2D eigenvalue weighted by atomic mass is 79.9. The third-order valence-electron chi connectivity index (χ3n) is 5.89. The Morgan fingerprint density at radius 3 is 2.54 bits per heavy atom. The van der Waals surface area contributed by atoms with E-state index in [1.54, 1.807) is 4.68 Å². The molecule has 35 heavy (non-hydrogen) atoms. The summed E-state index contributed by atoms with van der Waals surface area (Å²) in [4.78, 5) is 19.0. The number of aromatic nitrogens is 3. The number of rotatable bonds is 7. The van der Waals surface area contributed by atoms with E-state index in [0.717, 1.165) is 45.7 Å². The predicted molar refractivity (Wildman–Crippen MR) is 149 cm³/mol. The van der Waals surface area contributed by atoms with Crippen molar-refractivity contribution in [3.05, 3.63) is 85.3 Å². The summed E-state index contributed by atoms with van der Waals surface area (Å²) in [6, 6.07) is 17.8. The van der Waals surface area contributed by atoms with Crippen LogP contribution in [0, 0.1) is 12.8 Å². The van der Waals surface area contributed by atoms with Crippen LogP contribution in [0.1, 0.15) is 39.3 Å². The second-order valence-corrected chi connectivity index (χ2v) is 10.8. The van der Waals surface area contributed by atoms with Crippen molar-refractivity contribution in [1.82, 2.24) is 14.0 Å². The van der Waals surface area contributed by atoms with E-state index in [2.05, 4.69) is 48.8 Å². The van der Waals surface area contributed by atoms with Gasteiger partial charge in [0.05, 0.1) is 17.1 Å². The van der Waals surface area contributed by atoms with Gasteiger partial charge in [0.15, 0.2) is 5.69 Å². The summed E-state index contributed by atoms with van der Waals surface area (Å²) in [5, 5.41) is 7.01. The van der Waals surface area contributed by atoms with Crippen molar-refractivity contribution < 1.29 is 0 Å². The Bertz CT molecular complexity index is 1490. The summed E-state index contributed by atoms with van der Waals surface area (Å²) in [5.41, 5.74) is 4.87. The van der Waals surface area contributed by atoms with Crippen LogP contribution in [0.15, 0.2) is 79.3 Å². The number of hydrogen-bond donors (Lipinski definition) is 0. The van der Waals surface area contributed by atoms with Gasteiger partial charge in [0.1, 0.15) is 0 Å². The van der Waals surface area contributed by atoms with Crippen molar-refractivity contribution in [3.63, 3.8) is 0 Å². The summed E-state index contributed by atoms with van der Waals surface area (Å²) in [7, 11) is 1.88. The monoisotopic (exact) mass is 551 g/mol. The van der Waals surface area contributed by atoms with Crippen LogP contribution in [0.3, 0.4) is 0 Å². The fourth-order valence-electron chi connectivity index (χ4n) is 3.82. The molecular weight excluding hydrogens is 522 g/mol. The summed E-state index contributed by atoms with van der Waals surface area (Å²) in [6.45, 7) is 8.41. The molecule has 0 N–H and O–H groups in total. The van der Waals surface area contributed by atoms with Crippen molar-refractivity contribution >= 4 is 38.7 Å². The molecule has 182 valence electrons.